The third kappa shape index (κ3) is 6.11. The molecule has 1 heterocycles. The highest BCUT2D eigenvalue weighted by Gasteiger charge is 2.26. The molecule has 0 aliphatic carbocycles. The van der Waals surface area contributed by atoms with E-state index in [2.05, 4.69) is 15.5 Å². The van der Waals surface area contributed by atoms with Gasteiger partial charge in [-0.1, -0.05) is 24.3 Å². The van der Waals surface area contributed by atoms with E-state index in [1.165, 1.54) is 12.1 Å². The van der Waals surface area contributed by atoms with Gasteiger partial charge in [0.15, 0.2) is 0 Å². The Morgan fingerprint density at radius 2 is 1.93 bits per heavy atom. The molecule has 2 N–H and O–H groups in total. The molecule has 7 heteroatoms. The van der Waals surface area contributed by atoms with Gasteiger partial charge in [0.1, 0.15) is 5.82 Å². The van der Waals surface area contributed by atoms with Crippen LogP contribution in [0, 0.1) is 11.7 Å². The summed E-state index contributed by atoms with van der Waals surface area (Å²) in [6.07, 6.45) is 1.71. The highest BCUT2D eigenvalue weighted by molar-refractivity contribution is 6.04. The van der Waals surface area contributed by atoms with Gasteiger partial charge >= 0.3 is 0 Å². The van der Waals surface area contributed by atoms with Crippen molar-refractivity contribution in [2.75, 3.05) is 38.7 Å². The van der Waals surface area contributed by atoms with E-state index >= 15 is 0 Å². The SMILES string of the molecule is COCCNC(=O)c1ccccc1NC(=O)[C@H]1CCCN(Cc2ccc(F)cc2)C1. The number of ether oxygens (including phenoxy) is 1. The summed E-state index contributed by atoms with van der Waals surface area (Å²) >= 11 is 0. The topological polar surface area (TPSA) is 70.7 Å². The number of nitrogens with one attached hydrogen (secondary N) is 2. The van der Waals surface area contributed by atoms with Crippen molar-refractivity contribution >= 4 is 17.5 Å². The Bertz CT molecular complexity index is 857. The van der Waals surface area contributed by atoms with Crippen LogP contribution in [0.2, 0.25) is 0 Å². The molecule has 0 spiro atoms. The van der Waals surface area contributed by atoms with Gasteiger partial charge in [0.2, 0.25) is 5.91 Å². The van der Waals surface area contributed by atoms with Gasteiger partial charge in [-0.2, -0.15) is 0 Å². The van der Waals surface area contributed by atoms with Crippen molar-refractivity contribution in [1.29, 1.82) is 0 Å². The van der Waals surface area contributed by atoms with E-state index in [0.29, 0.717) is 37.5 Å². The van der Waals surface area contributed by atoms with E-state index in [9.17, 15) is 14.0 Å². The highest BCUT2D eigenvalue weighted by atomic mass is 19.1. The van der Waals surface area contributed by atoms with Crippen molar-refractivity contribution in [3.8, 4) is 0 Å². The largest absolute Gasteiger partial charge is 0.383 e. The van der Waals surface area contributed by atoms with Crippen molar-refractivity contribution in [1.82, 2.24) is 10.2 Å². The monoisotopic (exact) mass is 413 g/mol. The lowest BCUT2D eigenvalue weighted by Crippen LogP contribution is -2.40. The molecule has 0 aromatic heterocycles. The van der Waals surface area contributed by atoms with Crippen LogP contribution >= 0.6 is 0 Å². The van der Waals surface area contributed by atoms with Gasteiger partial charge in [-0.05, 0) is 49.2 Å². The molecule has 1 aliphatic rings. The minimum Gasteiger partial charge on any atom is -0.383 e. The quantitative estimate of drug-likeness (QED) is 0.653. The lowest BCUT2D eigenvalue weighted by molar-refractivity contribution is -0.121. The number of halogens is 1. The average molecular weight is 413 g/mol. The Morgan fingerprint density at radius 3 is 2.70 bits per heavy atom. The summed E-state index contributed by atoms with van der Waals surface area (Å²) in [6, 6.07) is 13.5. The molecule has 1 aliphatic heterocycles. The van der Waals surface area contributed by atoms with Gasteiger partial charge in [-0.25, -0.2) is 4.39 Å². The summed E-state index contributed by atoms with van der Waals surface area (Å²) in [5.41, 5.74) is 1.96. The normalized spacial score (nSPS) is 16.8. The number of anilines is 1. The first-order chi connectivity index (χ1) is 14.6. The molecule has 2 amide bonds. The lowest BCUT2D eigenvalue weighted by atomic mass is 9.96. The van der Waals surface area contributed by atoms with Crippen LogP contribution in [0.1, 0.15) is 28.8 Å². The van der Waals surface area contributed by atoms with E-state index in [-0.39, 0.29) is 23.5 Å². The van der Waals surface area contributed by atoms with Crippen LogP contribution in [0.3, 0.4) is 0 Å². The van der Waals surface area contributed by atoms with E-state index < -0.39 is 0 Å². The van der Waals surface area contributed by atoms with Gasteiger partial charge in [-0.15, -0.1) is 0 Å². The number of likely N-dealkylation sites (tertiary alicyclic amines) is 1. The highest BCUT2D eigenvalue weighted by Crippen LogP contribution is 2.22. The summed E-state index contributed by atoms with van der Waals surface area (Å²) in [5, 5.41) is 5.72. The predicted octanol–water partition coefficient (Wildman–Crippen LogP) is 3.05. The summed E-state index contributed by atoms with van der Waals surface area (Å²) in [7, 11) is 1.57. The van der Waals surface area contributed by atoms with Crippen molar-refractivity contribution in [3.05, 3.63) is 65.5 Å². The van der Waals surface area contributed by atoms with Gasteiger partial charge in [0.25, 0.3) is 5.91 Å². The van der Waals surface area contributed by atoms with Crippen LogP contribution in [0.15, 0.2) is 48.5 Å². The van der Waals surface area contributed by atoms with E-state index in [1.807, 2.05) is 0 Å². The molecule has 0 bridgehead atoms. The van der Waals surface area contributed by atoms with Crippen LogP contribution in [0.4, 0.5) is 10.1 Å². The molecule has 1 fully saturated rings. The molecular formula is C23H28FN3O3. The number of benzene rings is 2. The summed E-state index contributed by atoms with van der Waals surface area (Å²) in [6.45, 7) is 3.04. The fraction of sp³-hybridized carbons (Fsp3) is 0.391. The number of piperidine rings is 1. The fourth-order valence-electron chi connectivity index (χ4n) is 3.65. The van der Waals surface area contributed by atoms with Crippen LogP contribution in [-0.4, -0.2) is 50.1 Å². The number of amides is 2. The number of carbonyl (C=O) groups excluding carboxylic acids is 2. The summed E-state index contributed by atoms with van der Waals surface area (Å²) < 4.78 is 18.1. The van der Waals surface area contributed by atoms with E-state index in [1.54, 1.807) is 43.5 Å². The molecule has 160 valence electrons. The smallest absolute Gasteiger partial charge is 0.253 e. The van der Waals surface area contributed by atoms with Gasteiger partial charge < -0.3 is 15.4 Å². The molecule has 6 nitrogen and oxygen atoms in total. The maximum atomic E-state index is 13.1. The van der Waals surface area contributed by atoms with Crippen LogP contribution < -0.4 is 10.6 Å². The Morgan fingerprint density at radius 1 is 1.17 bits per heavy atom. The third-order valence-electron chi connectivity index (χ3n) is 5.22. The van der Waals surface area contributed by atoms with Crippen molar-refractivity contribution < 1.29 is 18.7 Å². The second kappa shape index (κ2) is 10.8. The number of para-hydroxylation sites is 1. The van der Waals surface area contributed by atoms with Crippen molar-refractivity contribution in [2.45, 2.75) is 19.4 Å². The standard InChI is InChI=1S/C23H28FN3O3/c1-30-14-12-25-23(29)20-6-2-3-7-21(20)26-22(28)18-5-4-13-27(16-18)15-17-8-10-19(24)11-9-17/h2-3,6-11,18H,4-5,12-16H2,1H3,(H,25,29)(H,26,28)/t18-/m0/s1. The van der Waals surface area contributed by atoms with Crippen LogP contribution in [0.25, 0.3) is 0 Å². The van der Waals surface area contributed by atoms with E-state index in [0.717, 1.165) is 24.9 Å². The number of hydrogen-bond acceptors (Lipinski definition) is 4. The average Bonchev–Trinajstić information content (AvgIpc) is 2.76. The lowest BCUT2D eigenvalue weighted by Gasteiger charge is -2.32. The molecule has 0 radical (unpaired) electrons. The Balaban J connectivity index is 1.60. The second-order valence-corrected chi connectivity index (χ2v) is 7.48. The molecular weight excluding hydrogens is 385 g/mol. The zero-order chi connectivity index (χ0) is 21.3. The van der Waals surface area contributed by atoms with Crippen LogP contribution in [0.5, 0.6) is 0 Å². The molecule has 3 rings (SSSR count). The maximum Gasteiger partial charge on any atom is 0.253 e. The Labute approximate surface area is 176 Å². The number of carbonyl (C=O) groups is 2. The molecule has 30 heavy (non-hydrogen) atoms. The van der Waals surface area contributed by atoms with Gasteiger partial charge in [0, 0.05) is 26.7 Å². The number of nitrogens with zero attached hydrogens (tertiary/aromatic N) is 1. The minimum absolute atomic E-state index is 0.0871. The first-order valence-electron chi connectivity index (χ1n) is 10.2. The molecule has 2 aromatic carbocycles. The molecule has 2 aromatic rings. The first kappa shape index (κ1) is 21.9. The Kier molecular flexibility index (Phi) is 7.93. The minimum atomic E-state index is -0.250. The Hall–Kier alpha value is -2.77. The molecule has 1 saturated heterocycles. The van der Waals surface area contributed by atoms with E-state index in [4.69, 9.17) is 4.74 Å². The van der Waals surface area contributed by atoms with Gasteiger partial charge in [-0.3, -0.25) is 14.5 Å². The first-order valence-corrected chi connectivity index (χ1v) is 10.2. The number of hydrogen-bond donors (Lipinski definition) is 2. The number of methoxy groups -OCH3 is 1. The second-order valence-electron chi connectivity index (χ2n) is 7.48. The third-order valence-corrected chi connectivity index (χ3v) is 5.22. The molecule has 1 atom stereocenters. The fourth-order valence-corrected chi connectivity index (χ4v) is 3.65. The molecule has 0 unspecified atom stereocenters. The zero-order valence-corrected chi connectivity index (χ0v) is 17.2. The maximum absolute atomic E-state index is 13.1. The molecule has 0 saturated carbocycles. The van der Waals surface area contributed by atoms with Crippen molar-refractivity contribution in [3.63, 3.8) is 0 Å². The number of rotatable bonds is 8. The van der Waals surface area contributed by atoms with Gasteiger partial charge in [0.05, 0.1) is 23.8 Å². The van der Waals surface area contributed by atoms with Crippen molar-refractivity contribution in [2.24, 2.45) is 5.92 Å². The predicted molar refractivity (Wildman–Crippen MR) is 114 cm³/mol. The zero-order valence-electron chi connectivity index (χ0n) is 17.2. The summed E-state index contributed by atoms with van der Waals surface area (Å²) in [5.74, 6) is -0.746. The summed E-state index contributed by atoms with van der Waals surface area (Å²) in [4.78, 5) is 27.5. The van der Waals surface area contributed by atoms with Crippen LogP contribution in [-0.2, 0) is 16.1 Å².